The van der Waals surface area contributed by atoms with E-state index in [0.29, 0.717) is 19.8 Å². The summed E-state index contributed by atoms with van der Waals surface area (Å²) in [5.74, 6) is 1.18. The Morgan fingerprint density at radius 2 is 1.74 bits per heavy atom. The average Bonchev–Trinajstić information content (AvgIpc) is 2.57. The van der Waals surface area contributed by atoms with Crippen LogP contribution in [0.5, 0.6) is 11.5 Å². The van der Waals surface area contributed by atoms with Gasteiger partial charge in [-0.1, -0.05) is 27.2 Å². The monoisotopic (exact) mass is 320 g/mol. The normalized spacial score (nSPS) is 10.7. The fourth-order valence-corrected chi connectivity index (χ4v) is 1.83. The summed E-state index contributed by atoms with van der Waals surface area (Å²) in [7, 11) is 0. The van der Waals surface area contributed by atoms with Gasteiger partial charge in [0.25, 0.3) is 0 Å². The molecule has 0 saturated heterocycles. The van der Waals surface area contributed by atoms with Gasteiger partial charge in [-0.05, 0) is 43.5 Å². The molecule has 1 aromatic rings. The first kappa shape index (κ1) is 19.1. The van der Waals surface area contributed by atoms with Gasteiger partial charge in [0.05, 0.1) is 19.8 Å². The van der Waals surface area contributed by atoms with Crippen LogP contribution >= 0.6 is 0 Å². The predicted octanol–water partition coefficient (Wildman–Crippen LogP) is 4.62. The van der Waals surface area contributed by atoms with E-state index in [1.165, 1.54) is 6.08 Å². The van der Waals surface area contributed by atoms with Crippen LogP contribution in [0.25, 0.3) is 6.08 Å². The van der Waals surface area contributed by atoms with Crippen LogP contribution in [0.1, 0.15) is 52.0 Å². The molecule has 1 rings (SSSR count). The fraction of sp³-hybridized carbons (Fsp3) is 0.526. The maximum atomic E-state index is 11.7. The highest BCUT2D eigenvalue weighted by atomic mass is 16.5. The summed E-state index contributed by atoms with van der Waals surface area (Å²) in [5, 5.41) is 0. The molecule has 0 bridgehead atoms. The Labute approximate surface area is 139 Å². The second-order valence-corrected chi connectivity index (χ2v) is 5.25. The lowest BCUT2D eigenvalue weighted by Gasteiger charge is -2.11. The molecule has 0 saturated carbocycles. The molecule has 0 heterocycles. The Bertz CT molecular complexity index is 494. The van der Waals surface area contributed by atoms with Gasteiger partial charge in [0, 0.05) is 11.6 Å². The Morgan fingerprint density at radius 3 is 2.43 bits per heavy atom. The Hall–Kier alpha value is -1.97. The van der Waals surface area contributed by atoms with E-state index < -0.39 is 0 Å². The second kappa shape index (κ2) is 11.6. The molecule has 128 valence electrons. The number of rotatable bonds is 11. The van der Waals surface area contributed by atoms with Gasteiger partial charge < -0.3 is 14.2 Å². The molecule has 0 amide bonds. The third kappa shape index (κ3) is 7.73. The number of hydrogen-bond acceptors (Lipinski definition) is 4. The Kier molecular flexibility index (Phi) is 9.60. The van der Waals surface area contributed by atoms with Crippen LogP contribution in [0, 0.1) is 0 Å². The van der Waals surface area contributed by atoms with Crippen molar-refractivity contribution in [2.75, 3.05) is 19.8 Å². The lowest BCUT2D eigenvalue weighted by atomic mass is 10.1. The molecule has 0 aliphatic rings. The van der Waals surface area contributed by atoms with Crippen molar-refractivity contribution >= 4 is 12.0 Å². The summed E-state index contributed by atoms with van der Waals surface area (Å²) < 4.78 is 16.5. The number of unbranched alkanes of at least 4 members (excludes halogenated alkanes) is 1. The first-order chi connectivity index (χ1) is 11.2. The molecule has 0 atom stereocenters. The van der Waals surface area contributed by atoms with E-state index in [4.69, 9.17) is 14.2 Å². The molecular formula is C19H28O4. The summed E-state index contributed by atoms with van der Waals surface area (Å²) in [6.07, 6.45) is 6.92. The summed E-state index contributed by atoms with van der Waals surface area (Å²) in [6, 6.07) is 5.65. The molecule has 0 spiro atoms. The fourth-order valence-electron chi connectivity index (χ4n) is 1.83. The summed E-state index contributed by atoms with van der Waals surface area (Å²) in [5.41, 5.74) is 0.819. The molecule has 0 aliphatic carbocycles. The van der Waals surface area contributed by atoms with Crippen molar-refractivity contribution in [2.24, 2.45) is 0 Å². The van der Waals surface area contributed by atoms with Crippen LogP contribution in [0.3, 0.4) is 0 Å². The molecule has 0 fully saturated rings. The summed E-state index contributed by atoms with van der Waals surface area (Å²) in [6.45, 7) is 7.93. The molecule has 1 aromatic carbocycles. The lowest BCUT2D eigenvalue weighted by molar-refractivity contribution is -0.137. The van der Waals surface area contributed by atoms with Crippen LogP contribution in [0.4, 0.5) is 0 Å². The molecule has 0 N–H and O–H groups in total. The number of carbonyl (C=O) groups is 1. The number of ether oxygens (including phenoxy) is 3. The van der Waals surface area contributed by atoms with E-state index in [1.807, 2.05) is 18.2 Å². The average molecular weight is 320 g/mol. The van der Waals surface area contributed by atoms with Gasteiger partial charge in [-0.2, -0.15) is 0 Å². The number of esters is 1. The minimum atomic E-state index is -0.334. The van der Waals surface area contributed by atoms with E-state index in [-0.39, 0.29) is 5.97 Å². The van der Waals surface area contributed by atoms with Crippen LogP contribution in [-0.2, 0) is 9.53 Å². The minimum absolute atomic E-state index is 0.334. The highest BCUT2D eigenvalue weighted by molar-refractivity contribution is 5.87. The molecule has 0 aliphatic heterocycles. The smallest absolute Gasteiger partial charge is 0.330 e. The standard InChI is InChI=1S/C19H28O4/c1-4-7-14-23-19(20)11-8-16-15-17(21-12-5-2)9-10-18(16)22-13-6-3/h8-11,15H,4-7,12-14H2,1-3H3. The highest BCUT2D eigenvalue weighted by Crippen LogP contribution is 2.26. The van der Waals surface area contributed by atoms with Crippen LogP contribution in [0.2, 0.25) is 0 Å². The van der Waals surface area contributed by atoms with E-state index in [0.717, 1.165) is 42.7 Å². The maximum Gasteiger partial charge on any atom is 0.330 e. The van der Waals surface area contributed by atoms with Crippen molar-refractivity contribution in [1.29, 1.82) is 0 Å². The molecule has 0 radical (unpaired) electrons. The van der Waals surface area contributed by atoms with E-state index in [1.54, 1.807) is 6.08 Å². The summed E-state index contributed by atoms with van der Waals surface area (Å²) >= 11 is 0. The van der Waals surface area contributed by atoms with E-state index in [9.17, 15) is 4.79 Å². The first-order valence-corrected chi connectivity index (χ1v) is 8.45. The van der Waals surface area contributed by atoms with Crippen molar-refractivity contribution < 1.29 is 19.0 Å². The maximum absolute atomic E-state index is 11.7. The number of hydrogen-bond donors (Lipinski definition) is 0. The zero-order valence-corrected chi connectivity index (χ0v) is 14.5. The largest absolute Gasteiger partial charge is 0.494 e. The van der Waals surface area contributed by atoms with Crippen molar-refractivity contribution in [3.63, 3.8) is 0 Å². The number of carbonyl (C=O) groups excluding carboxylic acids is 1. The van der Waals surface area contributed by atoms with Crippen molar-refractivity contribution in [2.45, 2.75) is 46.5 Å². The SMILES string of the molecule is CCCCOC(=O)C=Cc1cc(OCCC)ccc1OCCC. The van der Waals surface area contributed by atoms with Crippen LogP contribution in [0.15, 0.2) is 24.3 Å². The summed E-state index contributed by atoms with van der Waals surface area (Å²) in [4.78, 5) is 11.7. The minimum Gasteiger partial charge on any atom is -0.494 e. The topological polar surface area (TPSA) is 44.8 Å². The van der Waals surface area contributed by atoms with Gasteiger partial charge in [-0.3, -0.25) is 0 Å². The Balaban J connectivity index is 2.79. The van der Waals surface area contributed by atoms with Crippen LogP contribution in [-0.4, -0.2) is 25.8 Å². The van der Waals surface area contributed by atoms with Gasteiger partial charge >= 0.3 is 5.97 Å². The number of benzene rings is 1. The van der Waals surface area contributed by atoms with Crippen molar-refractivity contribution in [3.05, 3.63) is 29.8 Å². The van der Waals surface area contributed by atoms with Gasteiger partial charge in [0.15, 0.2) is 0 Å². The quantitative estimate of drug-likeness (QED) is 0.339. The second-order valence-electron chi connectivity index (χ2n) is 5.25. The highest BCUT2D eigenvalue weighted by Gasteiger charge is 2.05. The molecule has 23 heavy (non-hydrogen) atoms. The van der Waals surface area contributed by atoms with E-state index in [2.05, 4.69) is 20.8 Å². The lowest BCUT2D eigenvalue weighted by Crippen LogP contribution is -2.02. The van der Waals surface area contributed by atoms with E-state index >= 15 is 0 Å². The van der Waals surface area contributed by atoms with Gasteiger partial charge in [-0.25, -0.2) is 4.79 Å². The third-order valence-corrected chi connectivity index (χ3v) is 3.06. The zero-order chi connectivity index (χ0) is 16.9. The zero-order valence-electron chi connectivity index (χ0n) is 14.5. The molecule has 4 heteroatoms. The first-order valence-electron chi connectivity index (χ1n) is 8.45. The molecule has 0 unspecified atom stereocenters. The van der Waals surface area contributed by atoms with Crippen molar-refractivity contribution in [1.82, 2.24) is 0 Å². The van der Waals surface area contributed by atoms with Gasteiger partial charge in [-0.15, -0.1) is 0 Å². The molecule has 4 nitrogen and oxygen atoms in total. The van der Waals surface area contributed by atoms with Crippen LogP contribution < -0.4 is 9.47 Å². The van der Waals surface area contributed by atoms with Gasteiger partial charge in [0.2, 0.25) is 0 Å². The molecular weight excluding hydrogens is 292 g/mol. The third-order valence-electron chi connectivity index (χ3n) is 3.06. The predicted molar refractivity (Wildman–Crippen MR) is 92.9 cm³/mol. The molecule has 0 aromatic heterocycles. The van der Waals surface area contributed by atoms with Gasteiger partial charge in [0.1, 0.15) is 11.5 Å². The van der Waals surface area contributed by atoms with Crippen molar-refractivity contribution in [3.8, 4) is 11.5 Å². The Morgan fingerprint density at radius 1 is 1.00 bits per heavy atom.